The van der Waals surface area contributed by atoms with Gasteiger partial charge in [-0.25, -0.2) is 4.98 Å². The van der Waals surface area contributed by atoms with E-state index >= 15 is 0 Å². The van der Waals surface area contributed by atoms with Crippen molar-refractivity contribution in [2.45, 2.75) is 72.8 Å². The lowest BCUT2D eigenvalue weighted by molar-refractivity contribution is 0.0952. The molecule has 0 fully saturated rings. The zero-order valence-corrected chi connectivity index (χ0v) is 23.3. The van der Waals surface area contributed by atoms with Crippen LogP contribution in [0, 0.1) is 27.7 Å². The average molecular weight is 512 g/mol. The Kier molecular flexibility index (Phi) is 9.58. The first-order valence-electron chi connectivity index (χ1n) is 13.9. The molecule has 1 aromatic heterocycles. The molecular weight excluding hydrogens is 470 g/mol. The van der Waals surface area contributed by atoms with E-state index < -0.39 is 0 Å². The zero-order chi connectivity index (χ0) is 26.9. The fraction of sp³-hybridized carbons (Fsp3) is 0.394. The number of hydrogen-bond donors (Lipinski definition) is 1. The zero-order valence-electron chi connectivity index (χ0n) is 23.3. The van der Waals surface area contributed by atoms with Gasteiger partial charge < -0.3 is 14.6 Å². The SMILES string of the molecule is Cc1ccc(C(=O)NCCCCCc2nc3ccccc3n2CCCCOc2cc(C)ccc2C)c(C)c1. The van der Waals surface area contributed by atoms with Gasteiger partial charge in [0.15, 0.2) is 0 Å². The average Bonchev–Trinajstić information content (AvgIpc) is 3.25. The highest BCUT2D eigenvalue weighted by Gasteiger charge is 2.11. The predicted molar refractivity (Wildman–Crippen MR) is 156 cm³/mol. The van der Waals surface area contributed by atoms with Gasteiger partial charge in [0.1, 0.15) is 11.6 Å². The molecule has 3 aromatic carbocycles. The van der Waals surface area contributed by atoms with Crippen molar-refractivity contribution >= 4 is 16.9 Å². The van der Waals surface area contributed by atoms with Crippen LogP contribution >= 0.6 is 0 Å². The Balaban J connectivity index is 1.23. The highest BCUT2D eigenvalue weighted by Crippen LogP contribution is 2.21. The van der Waals surface area contributed by atoms with Gasteiger partial charge in [-0.05, 0) is 94.3 Å². The van der Waals surface area contributed by atoms with E-state index in [2.05, 4.69) is 72.3 Å². The number of hydrogen-bond acceptors (Lipinski definition) is 3. The molecule has 1 N–H and O–H groups in total. The molecule has 0 saturated carbocycles. The molecule has 0 aliphatic carbocycles. The maximum Gasteiger partial charge on any atom is 0.251 e. The molecular formula is C33H41N3O2. The predicted octanol–water partition coefficient (Wildman–Crippen LogP) is 7.27. The van der Waals surface area contributed by atoms with Crippen molar-refractivity contribution in [1.29, 1.82) is 0 Å². The minimum atomic E-state index is 0.0193. The number of nitrogens with zero attached hydrogens (tertiary/aromatic N) is 2. The van der Waals surface area contributed by atoms with E-state index in [9.17, 15) is 4.79 Å². The molecule has 0 saturated heterocycles. The third kappa shape index (κ3) is 7.25. The standard InChI is InChI=1S/C33H41N3O2/c1-24-16-18-28(27(4)22-24)33(37)34-19-9-5-6-14-32-35-29-12-7-8-13-30(29)36(32)20-10-11-21-38-31-23-25(2)15-17-26(31)3/h7-8,12-13,15-18,22-23H,5-6,9-11,14,19-21H2,1-4H3,(H,34,37). The smallest absolute Gasteiger partial charge is 0.251 e. The van der Waals surface area contributed by atoms with E-state index in [-0.39, 0.29) is 5.91 Å². The van der Waals surface area contributed by atoms with Gasteiger partial charge in [-0.2, -0.15) is 0 Å². The fourth-order valence-corrected chi connectivity index (χ4v) is 4.93. The molecule has 4 aromatic rings. The Bertz CT molecular complexity index is 1370. The van der Waals surface area contributed by atoms with Gasteiger partial charge in [-0.3, -0.25) is 4.79 Å². The van der Waals surface area contributed by atoms with Gasteiger partial charge in [-0.15, -0.1) is 0 Å². The molecule has 200 valence electrons. The highest BCUT2D eigenvalue weighted by atomic mass is 16.5. The Labute approximate surface area is 227 Å². The van der Waals surface area contributed by atoms with Crippen molar-refractivity contribution in [1.82, 2.24) is 14.9 Å². The van der Waals surface area contributed by atoms with Crippen molar-refractivity contribution in [3.8, 4) is 5.75 Å². The number of amides is 1. The third-order valence-electron chi connectivity index (χ3n) is 7.10. The number of para-hydroxylation sites is 2. The second-order valence-corrected chi connectivity index (χ2v) is 10.4. The molecule has 1 heterocycles. The molecule has 1 amide bonds. The van der Waals surface area contributed by atoms with Crippen molar-refractivity contribution < 1.29 is 9.53 Å². The van der Waals surface area contributed by atoms with Crippen LogP contribution in [0.15, 0.2) is 60.7 Å². The number of carbonyl (C=O) groups excluding carboxylic acids is 1. The van der Waals surface area contributed by atoms with Crippen molar-refractivity contribution in [3.63, 3.8) is 0 Å². The van der Waals surface area contributed by atoms with Gasteiger partial charge in [0.25, 0.3) is 5.91 Å². The lowest BCUT2D eigenvalue weighted by Crippen LogP contribution is -2.25. The Morgan fingerprint density at radius 3 is 2.47 bits per heavy atom. The molecule has 0 aliphatic rings. The number of aryl methyl sites for hydroxylation is 6. The monoisotopic (exact) mass is 511 g/mol. The Morgan fingerprint density at radius 1 is 0.842 bits per heavy atom. The van der Waals surface area contributed by atoms with Crippen LogP contribution in [0.25, 0.3) is 11.0 Å². The van der Waals surface area contributed by atoms with Gasteiger partial charge in [0.2, 0.25) is 0 Å². The van der Waals surface area contributed by atoms with Crippen LogP contribution in [0.5, 0.6) is 5.75 Å². The number of aromatic nitrogens is 2. The van der Waals surface area contributed by atoms with Crippen LogP contribution in [0.1, 0.15) is 70.5 Å². The normalized spacial score (nSPS) is 11.2. The summed E-state index contributed by atoms with van der Waals surface area (Å²) in [5.74, 6) is 2.16. The second kappa shape index (κ2) is 13.3. The summed E-state index contributed by atoms with van der Waals surface area (Å²) >= 11 is 0. The topological polar surface area (TPSA) is 56.2 Å². The first-order chi connectivity index (χ1) is 18.4. The molecule has 0 spiro atoms. The second-order valence-electron chi connectivity index (χ2n) is 10.4. The number of unbranched alkanes of at least 4 members (excludes halogenated alkanes) is 3. The van der Waals surface area contributed by atoms with E-state index in [4.69, 9.17) is 9.72 Å². The summed E-state index contributed by atoms with van der Waals surface area (Å²) in [6.45, 7) is 10.6. The van der Waals surface area contributed by atoms with E-state index in [1.54, 1.807) is 0 Å². The number of fused-ring (bicyclic) bond motifs is 1. The molecule has 0 bridgehead atoms. The number of benzene rings is 3. The summed E-state index contributed by atoms with van der Waals surface area (Å²) in [6, 6.07) is 20.7. The molecule has 0 aliphatic heterocycles. The summed E-state index contributed by atoms with van der Waals surface area (Å²) in [4.78, 5) is 17.4. The fourth-order valence-electron chi connectivity index (χ4n) is 4.93. The van der Waals surface area contributed by atoms with E-state index in [0.29, 0.717) is 6.54 Å². The maximum atomic E-state index is 12.5. The van der Waals surface area contributed by atoms with E-state index in [1.807, 2.05) is 26.0 Å². The largest absolute Gasteiger partial charge is 0.493 e. The first-order valence-corrected chi connectivity index (χ1v) is 13.9. The van der Waals surface area contributed by atoms with Gasteiger partial charge in [-0.1, -0.05) is 48.4 Å². The molecule has 0 radical (unpaired) electrons. The van der Waals surface area contributed by atoms with Crippen molar-refractivity contribution in [2.24, 2.45) is 0 Å². The van der Waals surface area contributed by atoms with Crippen molar-refractivity contribution in [2.75, 3.05) is 13.2 Å². The number of imidazole rings is 1. The van der Waals surface area contributed by atoms with E-state index in [0.717, 1.165) is 79.9 Å². The van der Waals surface area contributed by atoms with Crippen LogP contribution in [0.4, 0.5) is 0 Å². The summed E-state index contributed by atoms with van der Waals surface area (Å²) in [5.41, 5.74) is 7.65. The lowest BCUT2D eigenvalue weighted by Gasteiger charge is -2.12. The number of nitrogens with one attached hydrogen (secondary N) is 1. The summed E-state index contributed by atoms with van der Waals surface area (Å²) in [5, 5.41) is 3.08. The van der Waals surface area contributed by atoms with Crippen LogP contribution in [0.3, 0.4) is 0 Å². The summed E-state index contributed by atoms with van der Waals surface area (Å²) in [6.07, 6.45) is 6.06. The molecule has 0 unspecified atom stereocenters. The Hall–Kier alpha value is -3.60. The number of carbonyl (C=O) groups is 1. The lowest BCUT2D eigenvalue weighted by atomic mass is 10.1. The minimum Gasteiger partial charge on any atom is -0.493 e. The van der Waals surface area contributed by atoms with Crippen molar-refractivity contribution in [3.05, 3.63) is 94.3 Å². The maximum absolute atomic E-state index is 12.5. The summed E-state index contributed by atoms with van der Waals surface area (Å²) in [7, 11) is 0. The number of ether oxygens (including phenoxy) is 1. The molecule has 38 heavy (non-hydrogen) atoms. The van der Waals surface area contributed by atoms with Gasteiger partial charge in [0.05, 0.1) is 17.6 Å². The molecule has 5 heteroatoms. The van der Waals surface area contributed by atoms with Gasteiger partial charge in [0, 0.05) is 25.1 Å². The number of rotatable bonds is 13. The van der Waals surface area contributed by atoms with Crippen LogP contribution in [0.2, 0.25) is 0 Å². The summed E-state index contributed by atoms with van der Waals surface area (Å²) < 4.78 is 8.44. The molecule has 5 nitrogen and oxygen atoms in total. The highest BCUT2D eigenvalue weighted by molar-refractivity contribution is 5.95. The third-order valence-corrected chi connectivity index (χ3v) is 7.10. The van der Waals surface area contributed by atoms with Crippen LogP contribution < -0.4 is 10.1 Å². The Morgan fingerprint density at radius 2 is 1.63 bits per heavy atom. The quantitative estimate of drug-likeness (QED) is 0.192. The first kappa shape index (κ1) is 27.4. The van der Waals surface area contributed by atoms with E-state index in [1.165, 1.54) is 22.2 Å². The molecule has 0 atom stereocenters. The molecule has 4 rings (SSSR count). The van der Waals surface area contributed by atoms with Gasteiger partial charge >= 0.3 is 0 Å². The van der Waals surface area contributed by atoms with Crippen LogP contribution in [-0.2, 0) is 13.0 Å². The van der Waals surface area contributed by atoms with Crippen LogP contribution in [-0.4, -0.2) is 28.6 Å². The minimum absolute atomic E-state index is 0.0193.